The monoisotopic (exact) mass is 289 g/mol. The second kappa shape index (κ2) is 6.40. The van der Waals surface area contributed by atoms with E-state index in [0.29, 0.717) is 11.4 Å². The predicted molar refractivity (Wildman–Crippen MR) is 81.6 cm³/mol. The third-order valence-electron chi connectivity index (χ3n) is 2.87. The van der Waals surface area contributed by atoms with Gasteiger partial charge in [-0.05, 0) is 30.7 Å². The number of nitrogens with one attached hydrogen (secondary N) is 1. The van der Waals surface area contributed by atoms with Crippen LogP contribution in [-0.2, 0) is 5.75 Å². The number of hydrogen-bond acceptors (Lipinski definition) is 5. The zero-order valence-corrected chi connectivity index (χ0v) is 11.8. The lowest BCUT2D eigenvalue weighted by atomic mass is 10.2. The lowest BCUT2D eigenvalue weighted by Gasteiger charge is -2.08. The number of aryl methyl sites for hydroxylation is 1. The number of benzene rings is 2. The molecule has 0 radical (unpaired) electrons. The van der Waals surface area contributed by atoms with Crippen molar-refractivity contribution in [2.45, 2.75) is 17.6 Å². The molecule has 0 aliphatic heterocycles. The van der Waals surface area contributed by atoms with Gasteiger partial charge in [-0.15, -0.1) is 11.8 Å². The van der Waals surface area contributed by atoms with E-state index in [9.17, 15) is 10.1 Å². The molecule has 0 fully saturated rings. The van der Waals surface area contributed by atoms with Crippen LogP contribution in [0.4, 0.5) is 11.4 Å². The molecule has 0 spiro atoms. The standard InChI is InChI=1S/C14H15N3O2S/c1-10-2-5-13(6-3-10)20-9-11-8-12(17(18)19)4-7-14(11)16-15/h2-8,16H,9,15H2,1H3. The van der Waals surface area contributed by atoms with Crippen LogP contribution in [0.25, 0.3) is 0 Å². The van der Waals surface area contributed by atoms with E-state index in [1.807, 2.05) is 31.2 Å². The van der Waals surface area contributed by atoms with Crippen LogP contribution in [-0.4, -0.2) is 4.92 Å². The summed E-state index contributed by atoms with van der Waals surface area (Å²) < 4.78 is 0. The van der Waals surface area contributed by atoms with Gasteiger partial charge in [0.05, 0.1) is 10.6 Å². The molecule has 0 saturated heterocycles. The first-order valence-electron chi connectivity index (χ1n) is 6.03. The Morgan fingerprint density at radius 2 is 1.95 bits per heavy atom. The molecule has 0 atom stereocenters. The van der Waals surface area contributed by atoms with Gasteiger partial charge >= 0.3 is 0 Å². The van der Waals surface area contributed by atoms with Gasteiger partial charge in [0.2, 0.25) is 0 Å². The summed E-state index contributed by atoms with van der Waals surface area (Å²) in [6.07, 6.45) is 0. The number of thioether (sulfide) groups is 1. The minimum atomic E-state index is -0.402. The highest BCUT2D eigenvalue weighted by Gasteiger charge is 2.10. The van der Waals surface area contributed by atoms with Gasteiger partial charge in [-0.1, -0.05) is 17.7 Å². The Morgan fingerprint density at radius 3 is 2.55 bits per heavy atom. The van der Waals surface area contributed by atoms with E-state index in [-0.39, 0.29) is 5.69 Å². The number of anilines is 1. The van der Waals surface area contributed by atoms with Crippen molar-refractivity contribution in [3.63, 3.8) is 0 Å². The molecule has 0 aliphatic rings. The van der Waals surface area contributed by atoms with Crippen LogP contribution < -0.4 is 11.3 Å². The van der Waals surface area contributed by atoms with E-state index in [2.05, 4.69) is 5.43 Å². The molecule has 0 aromatic heterocycles. The molecule has 20 heavy (non-hydrogen) atoms. The average Bonchev–Trinajstić information content (AvgIpc) is 2.46. The van der Waals surface area contributed by atoms with Crippen molar-refractivity contribution >= 4 is 23.1 Å². The molecule has 6 heteroatoms. The van der Waals surface area contributed by atoms with Crippen molar-refractivity contribution < 1.29 is 4.92 Å². The van der Waals surface area contributed by atoms with Crippen molar-refractivity contribution in [1.29, 1.82) is 0 Å². The van der Waals surface area contributed by atoms with E-state index < -0.39 is 4.92 Å². The maximum atomic E-state index is 10.8. The largest absolute Gasteiger partial charge is 0.324 e. The third-order valence-corrected chi connectivity index (χ3v) is 3.93. The number of hydrazine groups is 1. The SMILES string of the molecule is Cc1ccc(SCc2cc([N+](=O)[O-])ccc2NN)cc1. The second-order valence-corrected chi connectivity index (χ2v) is 5.39. The zero-order valence-electron chi connectivity index (χ0n) is 11.0. The molecule has 0 aliphatic carbocycles. The van der Waals surface area contributed by atoms with Gasteiger partial charge in [0, 0.05) is 22.8 Å². The topological polar surface area (TPSA) is 81.2 Å². The van der Waals surface area contributed by atoms with Crippen LogP contribution in [0, 0.1) is 17.0 Å². The molecule has 0 bridgehead atoms. The van der Waals surface area contributed by atoms with Crippen molar-refractivity contribution in [1.82, 2.24) is 0 Å². The third kappa shape index (κ3) is 3.49. The Morgan fingerprint density at radius 1 is 1.25 bits per heavy atom. The van der Waals surface area contributed by atoms with Crippen LogP contribution in [0.5, 0.6) is 0 Å². The fourth-order valence-corrected chi connectivity index (χ4v) is 2.64. The summed E-state index contributed by atoms with van der Waals surface area (Å²) in [6, 6.07) is 12.8. The minimum Gasteiger partial charge on any atom is -0.324 e. The van der Waals surface area contributed by atoms with E-state index in [4.69, 9.17) is 5.84 Å². The van der Waals surface area contributed by atoms with Gasteiger partial charge in [0.25, 0.3) is 5.69 Å². The number of nitro benzene ring substituents is 1. The van der Waals surface area contributed by atoms with E-state index in [1.54, 1.807) is 23.9 Å². The summed E-state index contributed by atoms with van der Waals surface area (Å²) in [7, 11) is 0. The van der Waals surface area contributed by atoms with Gasteiger partial charge < -0.3 is 5.43 Å². The number of nitrogen functional groups attached to an aromatic ring is 1. The number of rotatable bonds is 5. The highest BCUT2D eigenvalue weighted by molar-refractivity contribution is 7.98. The lowest BCUT2D eigenvalue weighted by molar-refractivity contribution is -0.384. The molecule has 2 aromatic rings. The predicted octanol–water partition coefficient (Wildman–Crippen LogP) is 3.48. The highest BCUT2D eigenvalue weighted by atomic mass is 32.2. The Hall–Kier alpha value is -2.05. The molecule has 0 saturated carbocycles. The average molecular weight is 289 g/mol. The van der Waals surface area contributed by atoms with Crippen LogP contribution in [0.1, 0.15) is 11.1 Å². The normalized spacial score (nSPS) is 10.3. The maximum Gasteiger partial charge on any atom is 0.269 e. The van der Waals surface area contributed by atoms with Gasteiger partial charge in [-0.2, -0.15) is 0 Å². The molecule has 0 heterocycles. The number of nitrogens with zero attached hydrogens (tertiary/aromatic N) is 1. The molecular weight excluding hydrogens is 274 g/mol. The molecule has 104 valence electrons. The Kier molecular flexibility index (Phi) is 4.60. The van der Waals surface area contributed by atoms with Crippen molar-refractivity contribution in [3.05, 3.63) is 63.7 Å². The van der Waals surface area contributed by atoms with Crippen molar-refractivity contribution in [2.75, 3.05) is 5.43 Å². The summed E-state index contributed by atoms with van der Waals surface area (Å²) in [4.78, 5) is 11.5. The first-order chi connectivity index (χ1) is 9.60. The zero-order chi connectivity index (χ0) is 14.5. The molecular formula is C14H15N3O2S. The Labute approximate surface area is 121 Å². The quantitative estimate of drug-likeness (QED) is 0.381. The van der Waals surface area contributed by atoms with E-state index >= 15 is 0 Å². The van der Waals surface area contributed by atoms with E-state index in [1.165, 1.54) is 11.6 Å². The molecule has 0 amide bonds. The molecule has 0 unspecified atom stereocenters. The Bertz CT molecular complexity index is 614. The second-order valence-electron chi connectivity index (χ2n) is 4.34. The smallest absolute Gasteiger partial charge is 0.269 e. The number of non-ortho nitro benzene ring substituents is 1. The fraction of sp³-hybridized carbons (Fsp3) is 0.143. The van der Waals surface area contributed by atoms with Gasteiger partial charge in [-0.3, -0.25) is 16.0 Å². The first-order valence-corrected chi connectivity index (χ1v) is 7.02. The molecule has 2 aromatic carbocycles. The summed E-state index contributed by atoms with van der Waals surface area (Å²) in [5.74, 6) is 6.05. The molecule has 5 nitrogen and oxygen atoms in total. The Balaban J connectivity index is 2.16. The van der Waals surface area contributed by atoms with E-state index in [0.717, 1.165) is 10.5 Å². The fourth-order valence-electron chi connectivity index (χ4n) is 1.75. The first kappa shape index (κ1) is 14.4. The lowest BCUT2D eigenvalue weighted by Crippen LogP contribution is -2.09. The minimum absolute atomic E-state index is 0.0727. The summed E-state index contributed by atoms with van der Waals surface area (Å²) >= 11 is 1.61. The number of nitro groups is 1. The van der Waals surface area contributed by atoms with Crippen molar-refractivity contribution in [3.8, 4) is 0 Å². The number of nitrogens with two attached hydrogens (primary N) is 1. The van der Waals surface area contributed by atoms with Gasteiger partial charge in [0.15, 0.2) is 0 Å². The highest BCUT2D eigenvalue weighted by Crippen LogP contribution is 2.29. The van der Waals surface area contributed by atoms with Gasteiger partial charge in [0.1, 0.15) is 0 Å². The summed E-state index contributed by atoms with van der Waals surface area (Å²) in [5, 5.41) is 10.8. The summed E-state index contributed by atoms with van der Waals surface area (Å²) in [6.45, 7) is 2.03. The summed E-state index contributed by atoms with van der Waals surface area (Å²) in [5.41, 5.74) is 5.36. The molecule has 2 rings (SSSR count). The molecule has 3 N–H and O–H groups in total. The van der Waals surface area contributed by atoms with Crippen LogP contribution in [0.2, 0.25) is 0 Å². The van der Waals surface area contributed by atoms with Crippen molar-refractivity contribution in [2.24, 2.45) is 5.84 Å². The van der Waals surface area contributed by atoms with Crippen LogP contribution in [0.15, 0.2) is 47.4 Å². The number of hydrogen-bond donors (Lipinski definition) is 2. The van der Waals surface area contributed by atoms with Gasteiger partial charge in [-0.25, -0.2) is 0 Å². The van der Waals surface area contributed by atoms with Crippen LogP contribution in [0.3, 0.4) is 0 Å². The van der Waals surface area contributed by atoms with Crippen LogP contribution >= 0.6 is 11.8 Å². The maximum absolute atomic E-state index is 10.8.